The van der Waals surface area contributed by atoms with E-state index in [9.17, 15) is 4.79 Å². The van der Waals surface area contributed by atoms with E-state index < -0.39 is 0 Å². The fraction of sp³-hybridized carbons (Fsp3) is 0.579. The molecule has 2 aliphatic rings. The second kappa shape index (κ2) is 6.55. The molecule has 2 aliphatic heterocycles. The maximum atomic E-state index is 12.2. The summed E-state index contributed by atoms with van der Waals surface area (Å²) in [5, 5.41) is 0. The van der Waals surface area contributed by atoms with Crippen LogP contribution >= 0.6 is 0 Å². The van der Waals surface area contributed by atoms with Crippen molar-refractivity contribution in [3.63, 3.8) is 0 Å². The van der Waals surface area contributed by atoms with Gasteiger partial charge in [-0.2, -0.15) is 0 Å². The van der Waals surface area contributed by atoms with Gasteiger partial charge in [-0.05, 0) is 44.4 Å². The lowest BCUT2D eigenvalue weighted by molar-refractivity contribution is -0.132. The molecule has 1 aromatic carbocycles. The summed E-state index contributed by atoms with van der Waals surface area (Å²) in [5.74, 6) is 1.08. The van der Waals surface area contributed by atoms with Crippen molar-refractivity contribution in [3.8, 4) is 0 Å². The van der Waals surface area contributed by atoms with Gasteiger partial charge in [0.15, 0.2) is 5.58 Å². The van der Waals surface area contributed by atoms with Gasteiger partial charge < -0.3 is 9.32 Å². The van der Waals surface area contributed by atoms with Gasteiger partial charge in [0.25, 0.3) is 0 Å². The Hall–Kier alpha value is -1.88. The minimum absolute atomic E-state index is 0.297. The van der Waals surface area contributed by atoms with E-state index in [2.05, 4.69) is 14.8 Å². The van der Waals surface area contributed by atoms with Gasteiger partial charge in [0.1, 0.15) is 5.52 Å². The number of para-hydroxylation sites is 2. The first kappa shape index (κ1) is 15.6. The summed E-state index contributed by atoms with van der Waals surface area (Å²) < 4.78 is 5.90. The van der Waals surface area contributed by atoms with Crippen LogP contribution in [0.1, 0.15) is 44.9 Å². The zero-order valence-electron chi connectivity index (χ0n) is 14.3. The molecule has 2 unspecified atom stereocenters. The van der Waals surface area contributed by atoms with Crippen molar-refractivity contribution in [1.82, 2.24) is 14.8 Å². The molecule has 4 rings (SSSR count). The molecule has 3 heterocycles. The largest absolute Gasteiger partial charge is 0.439 e. The van der Waals surface area contributed by atoms with Gasteiger partial charge in [-0.1, -0.05) is 19.1 Å². The van der Waals surface area contributed by atoms with Gasteiger partial charge in [-0.25, -0.2) is 4.98 Å². The van der Waals surface area contributed by atoms with Crippen molar-refractivity contribution >= 4 is 17.0 Å². The van der Waals surface area contributed by atoms with E-state index in [0.717, 1.165) is 49.5 Å². The Morgan fingerprint density at radius 3 is 2.83 bits per heavy atom. The third-order valence-electron chi connectivity index (χ3n) is 5.46. The number of nitrogens with zero attached hydrogens (tertiary/aromatic N) is 3. The average molecular weight is 327 g/mol. The number of likely N-dealkylation sites (tertiary alicyclic amines) is 2. The SMILES string of the molecule is CCC(=O)N1CCCC1C1CCCN1Cc1nc2ccccc2o1. The van der Waals surface area contributed by atoms with Crippen LogP contribution in [-0.2, 0) is 11.3 Å². The zero-order chi connectivity index (χ0) is 16.5. The number of carbonyl (C=O) groups is 1. The predicted octanol–water partition coefficient (Wildman–Crippen LogP) is 3.19. The van der Waals surface area contributed by atoms with Crippen molar-refractivity contribution in [2.45, 2.75) is 57.7 Å². The second-order valence-corrected chi connectivity index (χ2v) is 6.91. The minimum atomic E-state index is 0.297. The van der Waals surface area contributed by atoms with Crippen molar-refractivity contribution in [1.29, 1.82) is 0 Å². The van der Waals surface area contributed by atoms with Crippen molar-refractivity contribution in [2.24, 2.45) is 0 Å². The number of carbonyl (C=O) groups excluding carboxylic acids is 1. The first-order chi connectivity index (χ1) is 11.8. The normalized spacial score (nSPS) is 25.0. The highest BCUT2D eigenvalue weighted by Gasteiger charge is 2.39. The molecule has 2 saturated heterocycles. The molecule has 2 atom stereocenters. The Morgan fingerprint density at radius 2 is 2.00 bits per heavy atom. The number of oxazole rings is 1. The molecule has 0 radical (unpaired) electrons. The predicted molar refractivity (Wildman–Crippen MR) is 92.5 cm³/mol. The molecule has 0 aliphatic carbocycles. The van der Waals surface area contributed by atoms with Crippen LogP contribution in [0.5, 0.6) is 0 Å². The van der Waals surface area contributed by atoms with Crippen LogP contribution in [0.15, 0.2) is 28.7 Å². The molecule has 2 aromatic rings. The number of hydrogen-bond acceptors (Lipinski definition) is 4. The van der Waals surface area contributed by atoms with E-state index in [4.69, 9.17) is 4.42 Å². The number of rotatable bonds is 4. The summed E-state index contributed by atoms with van der Waals surface area (Å²) in [6, 6.07) is 8.72. The van der Waals surface area contributed by atoms with Gasteiger partial charge in [0.05, 0.1) is 6.54 Å². The van der Waals surface area contributed by atoms with Gasteiger partial charge in [0, 0.05) is 25.0 Å². The molecule has 0 saturated carbocycles. The number of aromatic nitrogens is 1. The van der Waals surface area contributed by atoms with E-state index in [-0.39, 0.29) is 0 Å². The smallest absolute Gasteiger partial charge is 0.222 e. The maximum Gasteiger partial charge on any atom is 0.222 e. The lowest BCUT2D eigenvalue weighted by Crippen LogP contribution is -2.47. The highest BCUT2D eigenvalue weighted by molar-refractivity contribution is 5.76. The summed E-state index contributed by atoms with van der Waals surface area (Å²) in [4.78, 5) is 21.4. The Morgan fingerprint density at radius 1 is 1.21 bits per heavy atom. The minimum Gasteiger partial charge on any atom is -0.439 e. The summed E-state index contributed by atoms with van der Waals surface area (Å²) in [6.07, 6.45) is 5.21. The van der Waals surface area contributed by atoms with Crippen LogP contribution in [0.3, 0.4) is 0 Å². The summed E-state index contributed by atoms with van der Waals surface area (Å²) in [6.45, 7) is 4.69. The van der Waals surface area contributed by atoms with Gasteiger partial charge >= 0.3 is 0 Å². The third-order valence-corrected chi connectivity index (χ3v) is 5.46. The molecule has 0 spiro atoms. The quantitative estimate of drug-likeness (QED) is 0.865. The van der Waals surface area contributed by atoms with E-state index in [1.807, 2.05) is 31.2 Å². The van der Waals surface area contributed by atoms with Crippen LogP contribution in [0.4, 0.5) is 0 Å². The Labute approximate surface area is 142 Å². The molecular formula is C19H25N3O2. The maximum absolute atomic E-state index is 12.2. The van der Waals surface area contributed by atoms with Crippen LogP contribution < -0.4 is 0 Å². The number of benzene rings is 1. The molecule has 128 valence electrons. The Kier molecular flexibility index (Phi) is 4.27. The first-order valence-corrected chi connectivity index (χ1v) is 9.14. The third kappa shape index (κ3) is 2.81. The number of amides is 1. The van der Waals surface area contributed by atoms with E-state index in [1.165, 1.54) is 12.8 Å². The number of fused-ring (bicyclic) bond motifs is 1. The van der Waals surface area contributed by atoms with Crippen LogP contribution in [0, 0.1) is 0 Å². The summed E-state index contributed by atoms with van der Waals surface area (Å²) >= 11 is 0. The zero-order valence-corrected chi connectivity index (χ0v) is 14.3. The second-order valence-electron chi connectivity index (χ2n) is 6.91. The summed E-state index contributed by atoms with van der Waals surface area (Å²) in [7, 11) is 0. The van der Waals surface area contributed by atoms with E-state index in [0.29, 0.717) is 24.4 Å². The molecule has 1 aromatic heterocycles. The Balaban J connectivity index is 1.51. The van der Waals surface area contributed by atoms with Gasteiger partial charge in [-0.15, -0.1) is 0 Å². The lowest BCUT2D eigenvalue weighted by atomic mass is 10.0. The highest BCUT2D eigenvalue weighted by Crippen LogP contribution is 2.31. The van der Waals surface area contributed by atoms with Crippen molar-refractivity contribution in [3.05, 3.63) is 30.2 Å². The van der Waals surface area contributed by atoms with E-state index >= 15 is 0 Å². The molecule has 5 heteroatoms. The topological polar surface area (TPSA) is 49.6 Å². The molecule has 24 heavy (non-hydrogen) atoms. The van der Waals surface area contributed by atoms with Crippen LogP contribution in [0.25, 0.3) is 11.1 Å². The van der Waals surface area contributed by atoms with E-state index in [1.54, 1.807) is 0 Å². The van der Waals surface area contributed by atoms with Crippen molar-refractivity contribution < 1.29 is 9.21 Å². The fourth-order valence-corrected chi connectivity index (χ4v) is 4.35. The monoisotopic (exact) mass is 327 g/mol. The summed E-state index contributed by atoms with van der Waals surface area (Å²) in [5.41, 5.74) is 1.78. The molecule has 0 bridgehead atoms. The van der Waals surface area contributed by atoms with Crippen LogP contribution in [0.2, 0.25) is 0 Å². The first-order valence-electron chi connectivity index (χ1n) is 9.14. The lowest BCUT2D eigenvalue weighted by Gasteiger charge is -2.34. The molecular weight excluding hydrogens is 302 g/mol. The standard InChI is InChI=1S/C19H25N3O2/c1-2-19(23)22-12-6-9-16(22)15-8-5-11-21(15)13-18-20-14-7-3-4-10-17(14)24-18/h3-4,7,10,15-16H,2,5-6,8-9,11-13H2,1H3. The van der Waals surface area contributed by atoms with Gasteiger partial charge in [0.2, 0.25) is 11.8 Å². The fourth-order valence-electron chi connectivity index (χ4n) is 4.35. The Bertz CT molecular complexity index is 693. The van der Waals surface area contributed by atoms with Crippen LogP contribution in [-0.4, -0.2) is 45.9 Å². The highest BCUT2D eigenvalue weighted by atomic mass is 16.3. The van der Waals surface area contributed by atoms with Crippen molar-refractivity contribution in [2.75, 3.05) is 13.1 Å². The van der Waals surface area contributed by atoms with Gasteiger partial charge in [-0.3, -0.25) is 9.69 Å². The molecule has 0 N–H and O–H groups in total. The molecule has 5 nitrogen and oxygen atoms in total. The average Bonchev–Trinajstić information content (AvgIpc) is 3.32. The number of hydrogen-bond donors (Lipinski definition) is 0. The molecule has 2 fully saturated rings. The molecule has 1 amide bonds.